The topological polar surface area (TPSA) is 98.8 Å². The normalized spacial score (nSPS) is 16.0. The van der Waals surface area contributed by atoms with Crippen molar-refractivity contribution in [3.63, 3.8) is 0 Å². The van der Waals surface area contributed by atoms with E-state index < -0.39 is 0 Å². The molecule has 3 aromatic rings. The molecule has 2 aliphatic rings. The van der Waals surface area contributed by atoms with Crippen LogP contribution in [0.25, 0.3) is 0 Å². The standard InChI is InChI=1S/C26H30N8O2/c1-5-33-12-14-34(15-13-33)20-8-6-19(7-9-20)28-26-27-16-17(2)23(31-26)29-22-11-10-21-24(30-22)32(4)25(35)18(3)36-21/h6-11,16H,3,5,12-15H2,1-2,4H3,(H2,27,28,29,30,31). The number of aryl methyl sites for hydroxylation is 1. The van der Waals surface area contributed by atoms with Gasteiger partial charge in [0.1, 0.15) is 11.6 Å². The van der Waals surface area contributed by atoms with Gasteiger partial charge in [-0.15, -0.1) is 0 Å². The van der Waals surface area contributed by atoms with E-state index in [-0.39, 0.29) is 11.7 Å². The molecule has 1 saturated heterocycles. The summed E-state index contributed by atoms with van der Waals surface area (Å²) in [7, 11) is 1.64. The number of carbonyl (C=O) groups is 1. The van der Waals surface area contributed by atoms with E-state index in [1.165, 1.54) is 10.6 Å². The average molecular weight is 487 g/mol. The van der Waals surface area contributed by atoms with E-state index in [1.807, 2.05) is 19.1 Å². The molecule has 0 radical (unpaired) electrons. The first-order valence-corrected chi connectivity index (χ1v) is 12.0. The molecule has 186 valence electrons. The zero-order valence-corrected chi connectivity index (χ0v) is 20.8. The van der Waals surface area contributed by atoms with Gasteiger partial charge in [0.05, 0.1) is 0 Å². The number of hydrogen-bond donors (Lipinski definition) is 2. The third-order valence-electron chi connectivity index (χ3n) is 6.46. The molecule has 5 rings (SSSR count). The summed E-state index contributed by atoms with van der Waals surface area (Å²) in [5.41, 5.74) is 2.99. The molecule has 4 heterocycles. The van der Waals surface area contributed by atoms with Crippen molar-refractivity contribution in [2.45, 2.75) is 13.8 Å². The number of anilines is 6. The van der Waals surface area contributed by atoms with Crippen LogP contribution >= 0.6 is 0 Å². The quantitative estimate of drug-likeness (QED) is 0.506. The van der Waals surface area contributed by atoms with Gasteiger partial charge in [-0.25, -0.2) is 9.97 Å². The molecule has 1 amide bonds. The van der Waals surface area contributed by atoms with Crippen LogP contribution in [0.15, 0.2) is 54.9 Å². The van der Waals surface area contributed by atoms with Gasteiger partial charge in [-0.1, -0.05) is 13.5 Å². The van der Waals surface area contributed by atoms with Crippen LogP contribution < -0.4 is 25.2 Å². The highest BCUT2D eigenvalue weighted by Crippen LogP contribution is 2.34. The fourth-order valence-corrected chi connectivity index (χ4v) is 4.24. The number of amides is 1. The lowest BCUT2D eigenvalue weighted by atomic mass is 10.2. The van der Waals surface area contributed by atoms with Gasteiger partial charge in [-0.05, 0) is 49.9 Å². The van der Waals surface area contributed by atoms with E-state index >= 15 is 0 Å². The van der Waals surface area contributed by atoms with Crippen molar-refractivity contribution in [2.75, 3.05) is 60.2 Å². The first-order chi connectivity index (χ1) is 17.4. The number of piperazine rings is 1. The Morgan fingerprint density at radius 2 is 1.78 bits per heavy atom. The van der Waals surface area contributed by atoms with Crippen molar-refractivity contribution in [1.82, 2.24) is 19.9 Å². The van der Waals surface area contributed by atoms with Crippen LogP contribution in [-0.2, 0) is 4.79 Å². The number of fused-ring (bicyclic) bond motifs is 1. The van der Waals surface area contributed by atoms with E-state index in [1.54, 1.807) is 25.4 Å². The van der Waals surface area contributed by atoms with Gasteiger partial charge >= 0.3 is 0 Å². The molecule has 2 aliphatic heterocycles. The first-order valence-electron chi connectivity index (χ1n) is 12.0. The number of nitrogens with zero attached hydrogens (tertiary/aromatic N) is 6. The molecule has 0 saturated carbocycles. The van der Waals surface area contributed by atoms with Crippen molar-refractivity contribution in [1.29, 1.82) is 0 Å². The molecule has 1 fully saturated rings. The smallest absolute Gasteiger partial charge is 0.294 e. The van der Waals surface area contributed by atoms with E-state index in [0.29, 0.717) is 29.2 Å². The van der Waals surface area contributed by atoms with E-state index in [9.17, 15) is 4.79 Å². The number of carbonyl (C=O) groups excluding carboxylic acids is 1. The van der Waals surface area contributed by atoms with Crippen molar-refractivity contribution >= 4 is 40.7 Å². The Balaban J connectivity index is 1.28. The number of aromatic nitrogens is 3. The molecule has 0 unspecified atom stereocenters. The monoisotopic (exact) mass is 486 g/mol. The highest BCUT2D eigenvalue weighted by atomic mass is 16.5. The molecule has 0 bridgehead atoms. The minimum Gasteiger partial charge on any atom is -0.448 e. The first kappa shape index (κ1) is 23.6. The number of hydrogen-bond acceptors (Lipinski definition) is 9. The molecular formula is C26H30N8O2. The van der Waals surface area contributed by atoms with Crippen LogP contribution in [0.2, 0.25) is 0 Å². The summed E-state index contributed by atoms with van der Waals surface area (Å²) < 4.78 is 5.47. The van der Waals surface area contributed by atoms with Gasteiger partial charge in [-0.3, -0.25) is 9.69 Å². The third kappa shape index (κ3) is 4.80. The van der Waals surface area contributed by atoms with Crippen LogP contribution in [0.4, 0.5) is 34.8 Å². The summed E-state index contributed by atoms with van der Waals surface area (Å²) in [5.74, 6) is 2.25. The van der Waals surface area contributed by atoms with Crippen LogP contribution in [0.5, 0.6) is 5.75 Å². The summed E-state index contributed by atoms with van der Waals surface area (Å²) in [6.45, 7) is 13.1. The second kappa shape index (κ2) is 9.82. The number of likely N-dealkylation sites (N-methyl/N-ethyl adjacent to an activating group) is 2. The Labute approximate surface area is 210 Å². The van der Waals surface area contributed by atoms with Gasteiger partial charge in [0.2, 0.25) is 5.95 Å². The maximum atomic E-state index is 12.2. The van der Waals surface area contributed by atoms with Crippen molar-refractivity contribution in [3.05, 3.63) is 60.5 Å². The van der Waals surface area contributed by atoms with Gasteiger partial charge < -0.3 is 25.2 Å². The SMILES string of the molecule is C=C1Oc2ccc(Nc3nc(Nc4ccc(N5CCN(CC)CC5)cc4)ncc3C)nc2N(C)C1=O. The number of benzene rings is 1. The van der Waals surface area contributed by atoms with Crippen molar-refractivity contribution < 1.29 is 9.53 Å². The predicted octanol–water partition coefficient (Wildman–Crippen LogP) is 3.68. The lowest BCUT2D eigenvalue weighted by Crippen LogP contribution is -2.46. The zero-order valence-electron chi connectivity index (χ0n) is 20.8. The van der Waals surface area contributed by atoms with Crippen LogP contribution in [0.1, 0.15) is 12.5 Å². The second-order valence-electron chi connectivity index (χ2n) is 8.85. The van der Waals surface area contributed by atoms with Crippen LogP contribution in [-0.4, -0.2) is 65.5 Å². The van der Waals surface area contributed by atoms with Crippen LogP contribution in [0, 0.1) is 6.92 Å². The van der Waals surface area contributed by atoms with Crippen molar-refractivity contribution in [2.24, 2.45) is 0 Å². The molecule has 10 heteroatoms. The summed E-state index contributed by atoms with van der Waals surface area (Å²) >= 11 is 0. The van der Waals surface area contributed by atoms with Gasteiger partial charge in [-0.2, -0.15) is 4.98 Å². The predicted molar refractivity (Wildman–Crippen MR) is 142 cm³/mol. The lowest BCUT2D eigenvalue weighted by Gasteiger charge is -2.35. The summed E-state index contributed by atoms with van der Waals surface area (Å²) in [6.07, 6.45) is 1.75. The van der Waals surface area contributed by atoms with Crippen molar-refractivity contribution in [3.8, 4) is 5.75 Å². The van der Waals surface area contributed by atoms with Crippen LogP contribution in [0.3, 0.4) is 0 Å². The Hall–Kier alpha value is -4.18. The maximum Gasteiger partial charge on any atom is 0.294 e. The molecule has 10 nitrogen and oxygen atoms in total. The average Bonchev–Trinajstić information content (AvgIpc) is 2.90. The third-order valence-corrected chi connectivity index (χ3v) is 6.46. The number of ether oxygens (including phenoxy) is 1. The molecule has 36 heavy (non-hydrogen) atoms. The maximum absolute atomic E-state index is 12.2. The Morgan fingerprint density at radius 3 is 2.50 bits per heavy atom. The molecule has 2 aromatic heterocycles. The lowest BCUT2D eigenvalue weighted by molar-refractivity contribution is -0.117. The molecule has 1 aromatic carbocycles. The van der Waals surface area contributed by atoms with E-state index in [2.05, 4.69) is 61.0 Å². The number of rotatable bonds is 6. The number of pyridine rings is 1. The van der Waals surface area contributed by atoms with E-state index in [0.717, 1.165) is 44.0 Å². The fraction of sp³-hybridized carbons (Fsp3) is 0.308. The Bertz CT molecular complexity index is 1290. The summed E-state index contributed by atoms with van der Waals surface area (Å²) in [6, 6.07) is 11.9. The minimum absolute atomic E-state index is 0.0713. The van der Waals surface area contributed by atoms with Gasteiger partial charge in [0, 0.05) is 56.4 Å². The Kier molecular flexibility index (Phi) is 6.43. The molecule has 2 N–H and O–H groups in total. The molecular weight excluding hydrogens is 456 g/mol. The zero-order chi connectivity index (χ0) is 25.2. The van der Waals surface area contributed by atoms with E-state index in [4.69, 9.17) is 4.74 Å². The molecule has 0 spiro atoms. The summed E-state index contributed by atoms with van der Waals surface area (Å²) in [5, 5.41) is 6.51. The highest BCUT2D eigenvalue weighted by molar-refractivity contribution is 6.06. The number of nitrogens with one attached hydrogen (secondary N) is 2. The van der Waals surface area contributed by atoms with Gasteiger partial charge in [0.15, 0.2) is 17.3 Å². The fourth-order valence-electron chi connectivity index (χ4n) is 4.24. The molecule has 0 aliphatic carbocycles. The second-order valence-corrected chi connectivity index (χ2v) is 8.85. The summed E-state index contributed by atoms with van der Waals surface area (Å²) in [4.78, 5) is 32.1. The largest absolute Gasteiger partial charge is 0.448 e. The minimum atomic E-state index is -0.328. The Morgan fingerprint density at radius 1 is 1.03 bits per heavy atom. The van der Waals surface area contributed by atoms with Gasteiger partial charge in [0.25, 0.3) is 5.91 Å². The molecule has 0 atom stereocenters. The highest BCUT2D eigenvalue weighted by Gasteiger charge is 2.27.